The fraction of sp³-hybridized carbons (Fsp3) is 0.100. The minimum absolute atomic E-state index is 0.255. The van der Waals surface area contributed by atoms with Crippen LogP contribution in [0.3, 0.4) is 0 Å². The molecule has 0 aromatic heterocycles. The first-order valence-corrected chi connectivity index (χ1v) is 14.4. The molecule has 0 spiro atoms. The topological polar surface area (TPSA) is 67.9 Å². The van der Waals surface area contributed by atoms with Gasteiger partial charge in [0.15, 0.2) is 15.8 Å². The standard InChI is InChI=1S/C30H23IN2O4S2/c1-2-36-25-16-19(15-24(31)27(25)37-18-22-13-8-12-20-9-6-7-14-23(20)22)17-26-29(35)33(30(38)39-26)32-28(34)21-10-4-3-5-11-21/h3-17H,2,18H2,1H3,(H,32,34)/b26-17+. The first kappa shape index (κ1) is 27.2. The fourth-order valence-corrected chi connectivity index (χ4v) is 6.07. The van der Waals surface area contributed by atoms with Gasteiger partial charge in [0.2, 0.25) is 0 Å². The maximum atomic E-state index is 13.1. The van der Waals surface area contributed by atoms with Crippen LogP contribution in [0.4, 0.5) is 0 Å². The van der Waals surface area contributed by atoms with E-state index >= 15 is 0 Å². The molecule has 196 valence electrons. The molecule has 4 aromatic carbocycles. The zero-order valence-corrected chi connectivity index (χ0v) is 24.6. The van der Waals surface area contributed by atoms with E-state index in [1.807, 2.05) is 43.3 Å². The van der Waals surface area contributed by atoms with Gasteiger partial charge in [0.25, 0.3) is 11.8 Å². The number of carbonyl (C=O) groups is 2. The van der Waals surface area contributed by atoms with Crippen molar-refractivity contribution in [2.24, 2.45) is 0 Å². The summed E-state index contributed by atoms with van der Waals surface area (Å²) in [7, 11) is 0. The minimum Gasteiger partial charge on any atom is -0.490 e. The van der Waals surface area contributed by atoms with Crippen molar-refractivity contribution in [1.82, 2.24) is 10.4 Å². The molecule has 0 radical (unpaired) electrons. The van der Waals surface area contributed by atoms with Crippen LogP contribution >= 0.6 is 46.6 Å². The van der Waals surface area contributed by atoms with Crippen molar-refractivity contribution in [1.29, 1.82) is 0 Å². The Morgan fingerprint density at radius 1 is 1.03 bits per heavy atom. The van der Waals surface area contributed by atoms with E-state index in [0.717, 1.165) is 42.2 Å². The highest BCUT2D eigenvalue weighted by molar-refractivity contribution is 14.1. The highest BCUT2D eigenvalue weighted by Crippen LogP contribution is 2.38. The lowest BCUT2D eigenvalue weighted by atomic mass is 10.1. The Balaban J connectivity index is 1.36. The molecule has 9 heteroatoms. The number of ether oxygens (including phenoxy) is 2. The average Bonchev–Trinajstić information content (AvgIpc) is 3.20. The second-order valence-electron chi connectivity index (χ2n) is 8.51. The summed E-state index contributed by atoms with van der Waals surface area (Å²) in [4.78, 5) is 26.1. The number of benzene rings is 4. The zero-order chi connectivity index (χ0) is 27.4. The van der Waals surface area contributed by atoms with Gasteiger partial charge in [-0.05, 0) is 94.0 Å². The van der Waals surface area contributed by atoms with Crippen molar-refractivity contribution in [2.75, 3.05) is 6.61 Å². The molecule has 6 nitrogen and oxygen atoms in total. The van der Waals surface area contributed by atoms with E-state index in [0.29, 0.717) is 35.2 Å². The number of hydrogen-bond acceptors (Lipinski definition) is 6. The van der Waals surface area contributed by atoms with E-state index in [9.17, 15) is 9.59 Å². The quantitative estimate of drug-likeness (QED) is 0.125. The summed E-state index contributed by atoms with van der Waals surface area (Å²) in [6.07, 6.45) is 1.74. The number of fused-ring (bicyclic) bond motifs is 1. The number of hydrazine groups is 1. The molecule has 5 rings (SSSR count). The summed E-state index contributed by atoms with van der Waals surface area (Å²) in [6, 6.07) is 26.8. The van der Waals surface area contributed by atoms with Crippen LogP contribution in [-0.2, 0) is 11.4 Å². The molecule has 0 aliphatic carbocycles. The van der Waals surface area contributed by atoms with Gasteiger partial charge in [0.05, 0.1) is 15.1 Å². The van der Waals surface area contributed by atoms with Gasteiger partial charge < -0.3 is 9.47 Å². The number of amides is 2. The normalized spacial score (nSPS) is 14.2. The molecule has 0 saturated carbocycles. The molecule has 2 amide bonds. The summed E-state index contributed by atoms with van der Waals surface area (Å²) in [6.45, 7) is 2.75. The summed E-state index contributed by atoms with van der Waals surface area (Å²) in [5.41, 5.74) is 4.88. The molecule has 1 fully saturated rings. The number of carbonyl (C=O) groups excluding carboxylic acids is 2. The summed E-state index contributed by atoms with van der Waals surface area (Å²) in [5.74, 6) is 0.432. The van der Waals surface area contributed by atoms with Crippen LogP contribution in [0.5, 0.6) is 11.5 Å². The number of nitrogens with one attached hydrogen (secondary N) is 1. The van der Waals surface area contributed by atoms with Gasteiger partial charge in [-0.2, -0.15) is 5.01 Å². The van der Waals surface area contributed by atoms with Gasteiger partial charge in [-0.1, -0.05) is 72.4 Å². The third-order valence-electron chi connectivity index (χ3n) is 5.92. The summed E-state index contributed by atoms with van der Waals surface area (Å²) in [5, 5.41) is 3.41. The van der Waals surface area contributed by atoms with E-state index in [-0.39, 0.29) is 4.32 Å². The van der Waals surface area contributed by atoms with Crippen LogP contribution in [0.2, 0.25) is 0 Å². The van der Waals surface area contributed by atoms with Gasteiger partial charge >= 0.3 is 0 Å². The van der Waals surface area contributed by atoms with E-state index in [1.54, 1.807) is 30.3 Å². The predicted octanol–water partition coefficient (Wildman–Crippen LogP) is 6.97. The smallest absolute Gasteiger partial charge is 0.285 e. The molecule has 4 aromatic rings. The van der Waals surface area contributed by atoms with Crippen molar-refractivity contribution in [3.8, 4) is 11.5 Å². The number of thioether (sulfide) groups is 1. The molecular weight excluding hydrogens is 643 g/mol. The lowest BCUT2D eigenvalue weighted by Gasteiger charge is -2.16. The van der Waals surface area contributed by atoms with Crippen LogP contribution in [0.25, 0.3) is 16.8 Å². The van der Waals surface area contributed by atoms with Crippen LogP contribution in [0.1, 0.15) is 28.4 Å². The van der Waals surface area contributed by atoms with Crippen LogP contribution in [-0.4, -0.2) is 27.8 Å². The number of nitrogens with zero attached hydrogens (tertiary/aromatic N) is 1. The Kier molecular flexibility index (Phi) is 8.49. The van der Waals surface area contributed by atoms with Gasteiger partial charge in [-0.15, -0.1) is 0 Å². The Morgan fingerprint density at radius 3 is 2.56 bits per heavy atom. The average molecular weight is 667 g/mol. The second kappa shape index (κ2) is 12.2. The van der Waals surface area contributed by atoms with Crippen molar-refractivity contribution in [3.05, 3.63) is 110 Å². The van der Waals surface area contributed by atoms with Gasteiger partial charge in [0.1, 0.15) is 6.61 Å². The van der Waals surface area contributed by atoms with Crippen LogP contribution in [0, 0.1) is 3.57 Å². The number of halogens is 1. The first-order chi connectivity index (χ1) is 18.9. The van der Waals surface area contributed by atoms with Gasteiger partial charge in [0, 0.05) is 5.56 Å². The maximum Gasteiger partial charge on any atom is 0.285 e. The molecule has 1 aliphatic rings. The van der Waals surface area contributed by atoms with Crippen molar-refractivity contribution in [3.63, 3.8) is 0 Å². The number of rotatable bonds is 8. The minimum atomic E-state index is -0.408. The summed E-state index contributed by atoms with van der Waals surface area (Å²) >= 11 is 8.72. The highest BCUT2D eigenvalue weighted by Gasteiger charge is 2.34. The molecule has 1 N–H and O–H groups in total. The maximum absolute atomic E-state index is 13.1. The molecule has 0 bridgehead atoms. The van der Waals surface area contributed by atoms with Crippen LogP contribution in [0.15, 0.2) is 89.8 Å². The zero-order valence-electron chi connectivity index (χ0n) is 20.8. The second-order valence-corrected chi connectivity index (χ2v) is 11.4. The third kappa shape index (κ3) is 6.10. The molecular formula is C30H23IN2O4S2. The van der Waals surface area contributed by atoms with Crippen LogP contribution < -0.4 is 14.9 Å². The monoisotopic (exact) mass is 666 g/mol. The molecule has 39 heavy (non-hydrogen) atoms. The number of thiocarbonyl (C=S) groups is 1. The fourth-order valence-electron chi connectivity index (χ4n) is 4.11. The Bertz CT molecular complexity index is 1600. The van der Waals surface area contributed by atoms with Crippen molar-refractivity contribution in [2.45, 2.75) is 13.5 Å². The molecule has 0 unspecified atom stereocenters. The largest absolute Gasteiger partial charge is 0.490 e. The Hall–Kier alpha value is -3.41. The van der Waals surface area contributed by atoms with Gasteiger partial charge in [-0.25, -0.2) is 0 Å². The molecule has 0 atom stereocenters. The molecule has 1 aliphatic heterocycles. The van der Waals surface area contributed by atoms with E-state index in [2.05, 4.69) is 52.3 Å². The Morgan fingerprint density at radius 2 is 1.77 bits per heavy atom. The molecule has 1 saturated heterocycles. The summed E-state index contributed by atoms with van der Waals surface area (Å²) < 4.78 is 13.3. The Labute approximate surface area is 249 Å². The van der Waals surface area contributed by atoms with E-state index in [1.165, 1.54) is 0 Å². The third-order valence-corrected chi connectivity index (χ3v) is 8.03. The molecule has 1 heterocycles. The number of hydrogen-bond donors (Lipinski definition) is 1. The highest BCUT2D eigenvalue weighted by atomic mass is 127. The van der Waals surface area contributed by atoms with E-state index in [4.69, 9.17) is 21.7 Å². The lowest BCUT2D eigenvalue weighted by Crippen LogP contribution is -2.44. The first-order valence-electron chi connectivity index (χ1n) is 12.1. The lowest BCUT2D eigenvalue weighted by molar-refractivity contribution is -0.123. The van der Waals surface area contributed by atoms with Crippen molar-refractivity contribution < 1.29 is 19.1 Å². The SMILES string of the molecule is CCOc1cc(/C=C2/SC(=S)N(NC(=O)c3ccccc3)C2=O)cc(I)c1OCc1cccc2ccccc12. The van der Waals surface area contributed by atoms with Crippen molar-refractivity contribution >= 4 is 79.6 Å². The van der Waals surface area contributed by atoms with Gasteiger partial charge in [-0.3, -0.25) is 15.0 Å². The predicted molar refractivity (Wildman–Crippen MR) is 168 cm³/mol. The van der Waals surface area contributed by atoms with E-state index < -0.39 is 11.8 Å².